The third-order valence-electron chi connectivity index (χ3n) is 4.01. The predicted molar refractivity (Wildman–Crippen MR) is 98.6 cm³/mol. The summed E-state index contributed by atoms with van der Waals surface area (Å²) in [7, 11) is 0. The van der Waals surface area contributed by atoms with E-state index in [4.69, 9.17) is 16.3 Å². The summed E-state index contributed by atoms with van der Waals surface area (Å²) in [4.78, 5) is 12.5. The van der Waals surface area contributed by atoms with Crippen LogP contribution in [0.1, 0.15) is 43.0 Å². The molecule has 0 aliphatic heterocycles. The van der Waals surface area contributed by atoms with Crippen LogP contribution in [-0.4, -0.2) is 12.0 Å². The Morgan fingerprint density at radius 3 is 2.42 bits per heavy atom. The maximum Gasteiger partial charge on any atom is 0.261 e. The van der Waals surface area contributed by atoms with Crippen molar-refractivity contribution in [3.63, 3.8) is 0 Å². The molecule has 2 atom stereocenters. The van der Waals surface area contributed by atoms with E-state index in [1.165, 1.54) is 5.56 Å². The average Bonchev–Trinajstić information content (AvgIpc) is 2.56. The molecule has 24 heavy (non-hydrogen) atoms. The van der Waals surface area contributed by atoms with Gasteiger partial charge in [-0.3, -0.25) is 4.79 Å². The first-order valence-electron chi connectivity index (χ1n) is 8.20. The second kappa shape index (κ2) is 8.20. The molecule has 2 aromatic rings. The lowest BCUT2D eigenvalue weighted by Gasteiger charge is -2.21. The van der Waals surface area contributed by atoms with Crippen LogP contribution < -0.4 is 10.1 Å². The van der Waals surface area contributed by atoms with E-state index in [9.17, 15) is 4.79 Å². The van der Waals surface area contributed by atoms with Crippen LogP contribution >= 0.6 is 11.6 Å². The molecule has 0 radical (unpaired) electrons. The second-order valence-corrected chi connectivity index (χ2v) is 6.47. The highest BCUT2D eigenvalue weighted by molar-refractivity contribution is 6.31. The molecule has 0 fully saturated rings. The first kappa shape index (κ1) is 18.3. The van der Waals surface area contributed by atoms with Crippen LogP contribution in [-0.2, 0) is 4.79 Å². The predicted octanol–water partition coefficient (Wildman–Crippen LogP) is 4.99. The zero-order chi connectivity index (χ0) is 17.7. The van der Waals surface area contributed by atoms with E-state index in [2.05, 4.69) is 5.32 Å². The molecule has 2 rings (SSSR count). The number of aryl methyl sites for hydroxylation is 2. The van der Waals surface area contributed by atoms with Gasteiger partial charge in [-0.15, -0.1) is 0 Å². The van der Waals surface area contributed by atoms with Gasteiger partial charge in [0.25, 0.3) is 5.91 Å². The SMILES string of the molecule is CCC(Oc1ccc(Cl)c(C)c1)C(=O)NC(C)c1ccc(C)cc1. The highest BCUT2D eigenvalue weighted by Gasteiger charge is 2.20. The van der Waals surface area contributed by atoms with Crippen molar-refractivity contribution >= 4 is 17.5 Å². The van der Waals surface area contributed by atoms with Crippen LogP contribution in [0.3, 0.4) is 0 Å². The second-order valence-electron chi connectivity index (χ2n) is 6.07. The number of amides is 1. The number of carbonyl (C=O) groups is 1. The minimum atomic E-state index is -0.529. The summed E-state index contributed by atoms with van der Waals surface area (Å²) in [5.74, 6) is 0.542. The number of hydrogen-bond acceptors (Lipinski definition) is 2. The Hall–Kier alpha value is -2.00. The normalized spacial score (nSPS) is 13.2. The molecule has 0 saturated carbocycles. The van der Waals surface area contributed by atoms with Crippen LogP contribution in [0.25, 0.3) is 0 Å². The molecule has 2 unspecified atom stereocenters. The van der Waals surface area contributed by atoms with Gasteiger partial charge < -0.3 is 10.1 Å². The molecule has 0 bridgehead atoms. The fraction of sp³-hybridized carbons (Fsp3) is 0.350. The zero-order valence-electron chi connectivity index (χ0n) is 14.6. The largest absolute Gasteiger partial charge is 0.481 e. The molecule has 0 heterocycles. The van der Waals surface area contributed by atoms with Crippen molar-refractivity contribution in [1.82, 2.24) is 5.32 Å². The third-order valence-corrected chi connectivity index (χ3v) is 4.43. The highest BCUT2D eigenvalue weighted by Crippen LogP contribution is 2.22. The van der Waals surface area contributed by atoms with Gasteiger partial charge in [-0.2, -0.15) is 0 Å². The molecule has 1 amide bonds. The van der Waals surface area contributed by atoms with E-state index in [0.29, 0.717) is 17.2 Å². The molecule has 4 heteroatoms. The van der Waals surface area contributed by atoms with Crippen molar-refractivity contribution in [3.05, 3.63) is 64.2 Å². The quantitative estimate of drug-likeness (QED) is 0.800. The van der Waals surface area contributed by atoms with Gasteiger partial charge in [0, 0.05) is 5.02 Å². The van der Waals surface area contributed by atoms with Crippen LogP contribution in [0.15, 0.2) is 42.5 Å². The Labute approximate surface area is 149 Å². The fourth-order valence-electron chi connectivity index (χ4n) is 2.42. The summed E-state index contributed by atoms with van der Waals surface area (Å²) in [5.41, 5.74) is 3.20. The Morgan fingerprint density at radius 1 is 1.17 bits per heavy atom. The summed E-state index contributed by atoms with van der Waals surface area (Å²) in [6, 6.07) is 13.5. The van der Waals surface area contributed by atoms with Crippen molar-refractivity contribution in [2.24, 2.45) is 0 Å². The number of ether oxygens (including phenoxy) is 1. The number of hydrogen-bond donors (Lipinski definition) is 1. The standard InChI is InChI=1S/C20H24ClNO2/c1-5-19(24-17-10-11-18(21)14(3)12-17)20(23)22-15(4)16-8-6-13(2)7-9-16/h6-12,15,19H,5H2,1-4H3,(H,22,23). The minimum Gasteiger partial charge on any atom is -0.481 e. The lowest BCUT2D eigenvalue weighted by atomic mass is 10.1. The molecule has 0 saturated heterocycles. The first-order chi connectivity index (χ1) is 11.4. The highest BCUT2D eigenvalue weighted by atomic mass is 35.5. The van der Waals surface area contributed by atoms with Crippen molar-refractivity contribution in [1.29, 1.82) is 0 Å². The summed E-state index contributed by atoms with van der Waals surface area (Å²) in [6.07, 6.45) is 0.0622. The zero-order valence-corrected chi connectivity index (χ0v) is 15.4. The monoisotopic (exact) mass is 345 g/mol. The van der Waals surface area contributed by atoms with E-state index in [1.807, 2.05) is 58.0 Å². The van der Waals surface area contributed by atoms with Crippen LogP contribution in [0.2, 0.25) is 5.02 Å². The van der Waals surface area contributed by atoms with Gasteiger partial charge in [0.15, 0.2) is 6.10 Å². The van der Waals surface area contributed by atoms with Crippen molar-refractivity contribution in [2.45, 2.75) is 46.3 Å². The van der Waals surface area contributed by atoms with Crippen molar-refractivity contribution in [3.8, 4) is 5.75 Å². The van der Waals surface area contributed by atoms with E-state index in [0.717, 1.165) is 11.1 Å². The van der Waals surface area contributed by atoms with E-state index >= 15 is 0 Å². The number of carbonyl (C=O) groups excluding carboxylic acids is 1. The maximum absolute atomic E-state index is 12.5. The summed E-state index contributed by atoms with van der Waals surface area (Å²) in [5, 5.41) is 3.71. The molecule has 0 aromatic heterocycles. The van der Waals surface area contributed by atoms with Gasteiger partial charge in [0.2, 0.25) is 0 Å². The summed E-state index contributed by atoms with van der Waals surface area (Å²) < 4.78 is 5.85. The summed E-state index contributed by atoms with van der Waals surface area (Å²) in [6.45, 7) is 7.86. The van der Waals surface area contributed by atoms with E-state index < -0.39 is 6.10 Å². The van der Waals surface area contributed by atoms with Gasteiger partial charge in [0.1, 0.15) is 5.75 Å². The van der Waals surface area contributed by atoms with Gasteiger partial charge in [-0.25, -0.2) is 0 Å². The van der Waals surface area contributed by atoms with Crippen molar-refractivity contribution < 1.29 is 9.53 Å². The summed E-state index contributed by atoms with van der Waals surface area (Å²) >= 11 is 6.03. The minimum absolute atomic E-state index is 0.0669. The molecule has 3 nitrogen and oxygen atoms in total. The van der Waals surface area contributed by atoms with Crippen LogP contribution in [0, 0.1) is 13.8 Å². The Balaban J connectivity index is 2.02. The molecule has 0 spiro atoms. The molecule has 0 aliphatic rings. The van der Waals surface area contributed by atoms with E-state index in [1.54, 1.807) is 12.1 Å². The fourth-order valence-corrected chi connectivity index (χ4v) is 2.54. The molecule has 2 aromatic carbocycles. The molecule has 0 aliphatic carbocycles. The molecular formula is C20H24ClNO2. The lowest BCUT2D eigenvalue weighted by molar-refractivity contribution is -0.128. The molecular weight excluding hydrogens is 322 g/mol. The Morgan fingerprint density at radius 2 is 1.83 bits per heavy atom. The first-order valence-corrected chi connectivity index (χ1v) is 8.58. The topological polar surface area (TPSA) is 38.3 Å². The lowest BCUT2D eigenvalue weighted by Crippen LogP contribution is -2.39. The Bertz CT molecular complexity index is 697. The van der Waals surface area contributed by atoms with Crippen LogP contribution in [0.4, 0.5) is 0 Å². The van der Waals surface area contributed by atoms with E-state index in [-0.39, 0.29) is 11.9 Å². The van der Waals surface area contributed by atoms with Gasteiger partial charge in [-0.1, -0.05) is 48.4 Å². The average molecular weight is 346 g/mol. The van der Waals surface area contributed by atoms with Crippen molar-refractivity contribution in [2.75, 3.05) is 0 Å². The number of benzene rings is 2. The maximum atomic E-state index is 12.5. The number of halogens is 1. The van der Waals surface area contributed by atoms with Gasteiger partial charge in [0.05, 0.1) is 6.04 Å². The number of nitrogens with one attached hydrogen (secondary N) is 1. The third kappa shape index (κ3) is 4.75. The Kier molecular flexibility index (Phi) is 6.27. The molecule has 1 N–H and O–H groups in total. The number of rotatable bonds is 6. The van der Waals surface area contributed by atoms with Crippen LogP contribution in [0.5, 0.6) is 5.75 Å². The van der Waals surface area contributed by atoms with Gasteiger partial charge >= 0.3 is 0 Å². The molecule has 128 valence electrons. The van der Waals surface area contributed by atoms with Gasteiger partial charge in [-0.05, 0) is 56.5 Å². The smallest absolute Gasteiger partial charge is 0.261 e.